The van der Waals surface area contributed by atoms with Crippen LogP contribution >= 0.6 is 0 Å². The average Bonchev–Trinajstić information content (AvgIpc) is 2.63. The summed E-state index contributed by atoms with van der Waals surface area (Å²) in [5.41, 5.74) is 2.99. The van der Waals surface area contributed by atoms with E-state index in [4.69, 9.17) is 4.74 Å². The third kappa shape index (κ3) is 3.69. The minimum absolute atomic E-state index is 0.210. The topological polar surface area (TPSA) is 63.6 Å². The first-order valence-corrected chi connectivity index (χ1v) is 8.02. The van der Waals surface area contributed by atoms with Crippen molar-refractivity contribution in [3.63, 3.8) is 0 Å². The van der Waals surface area contributed by atoms with E-state index in [0.29, 0.717) is 17.5 Å². The van der Waals surface area contributed by atoms with Crippen LogP contribution in [0.4, 0.5) is 0 Å². The molecule has 0 heterocycles. The second kappa shape index (κ2) is 7.18. The van der Waals surface area contributed by atoms with Crippen LogP contribution in [0.15, 0.2) is 54.6 Å². The molecule has 0 radical (unpaired) electrons. The Bertz CT molecular complexity index is 927. The molecule has 0 saturated carbocycles. The molecule has 126 valence electrons. The number of benzene rings is 3. The zero-order valence-electron chi connectivity index (χ0n) is 13.9. The number of rotatable bonds is 5. The van der Waals surface area contributed by atoms with Gasteiger partial charge in [0.2, 0.25) is 0 Å². The number of esters is 1. The number of aldehydes is 1. The van der Waals surface area contributed by atoms with Crippen LogP contribution in [-0.2, 0) is 11.2 Å². The van der Waals surface area contributed by atoms with Crippen molar-refractivity contribution in [1.29, 1.82) is 0 Å². The smallest absolute Gasteiger partial charge is 0.338 e. The van der Waals surface area contributed by atoms with Gasteiger partial charge in [0.05, 0.1) is 12.2 Å². The molecule has 0 saturated heterocycles. The average molecular weight is 334 g/mol. The number of carbonyl (C=O) groups excluding carboxylic acids is 2. The number of hydrogen-bond donors (Lipinski definition) is 1. The van der Waals surface area contributed by atoms with Gasteiger partial charge in [0.25, 0.3) is 0 Å². The minimum Gasteiger partial charge on any atom is -0.508 e. The van der Waals surface area contributed by atoms with Gasteiger partial charge in [-0.2, -0.15) is 0 Å². The summed E-state index contributed by atoms with van der Waals surface area (Å²) in [5, 5.41) is 10.9. The van der Waals surface area contributed by atoms with E-state index < -0.39 is 5.97 Å². The highest BCUT2D eigenvalue weighted by atomic mass is 16.5. The van der Waals surface area contributed by atoms with Crippen LogP contribution in [-0.4, -0.2) is 24.0 Å². The summed E-state index contributed by atoms with van der Waals surface area (Å²) in [7, 11) is 0. The van der Waals surface area contributed by atoms with Crippen molar-refractivity contribution in [2.75, 3.05) is 6.61 Å². The van der Waals surface area contributed by atoms with Crippen molar-refractivity contribution in [3.8, 4) is 5.75 Å². The fraction of sp³-hybridized carbons (Fsp3) is 0.143. The van der Waals surface area contributed by atoms with Crippen LogP contribution in [0.1, 0.15) is 31.8 Å². The van der Waals surface area contributed by atoms with Gasteiger partial charge in [0.1, 0.15) is 5.75 Å². The molecule has 25 heavy (non-hydrogen) atoms. The Morgan fingerprint density at radius 1 is 1.08 bits per heavy atom. The molecular formula is C21H18O4. The minimum atomic E-state index is -0.395. The number of phenolic OH excluding ortho intramolecular Hbond substituents is 1. The predicted molar refractivity (Wildman–Crippen MR) is 96.2 cm³/mol. The van der Waals surface area contributed by atoms with E-state index >= 15 is 0 Å². The first-order valence-electron chi connectivity index (χ1n) is 8.02. The molecule has 3 aromatic rings. The van der Waals surface area contributed by atoms with Crippen LogP contribution in [0, 0.1) is 6.92 Å². The highest BCUT2D eigenvalue weighted by Gasteiger charge is 2.10. The van der Waals surface area contributed by atoms with Crippen LogP contribution in [0.5, 0.6) is 5.75 Å². The lowest BCUT2D eigenvalue weighted by molar-refractivity contribution is 0.0509. The van der Waals surface area contributed by atoms with E-state index in [9.17, 15) is 14.7 Å². The van der Waals surface area contributed by atoms with E-state index in [-0.39, 0.29) is 12.4 Å². The Hall–Kier alpha value is -3.14. The Kier molecular flexibility index (Phi) is 4.80. The molecule has 0 aromatic heterocycles. The van der Waals surface area contributed by atoms with Crippen LogP contribution in [0.2, 0.25) is 0 Å². The molecule has 0 aliphatic carbocycles. The number of phenols is 1. The van der Waals surface area contributed by atoms with Gasteiger partial charge in [-0.1, -0.05) is 30.3 Å². The highest BCUT2D eigenvalue weighted by molar-refractivity contribution is 6.02. The van der Waals surface area contributed by atoms with Crippen LogP contribution < -0.4 is 0 Å². The second-order valence-corrected chi connectivity index (χ2v) is 5.90. The lowest BCUT2D eigenvalue weighted by Gasteiger charge is -2.08. The predicted octanol–water partition coefficient (Wildman–Crippen LogP) is 4.07. The second-order valence-electron chi connectivity index (χ2n) is 5.90. The Morgan fingerprint density at radius 2 is 1.84 bits per heavy atom. The molecular weight excluding hydrogens is 316 g/mol. The number of fused-ring (bicyclic) bond motifs is 1. The number of aromatic hydroxyl groups is 1. The molecule has 4 nitrogen and oxygen atoms in total. The molecule has 0 fully saturated rings. The summed E-state index contributed by atoms with van der Waals surface area (Å²) < 4.78 is 5.32. The molecule has 0 unspecified atom stereocenters. The summed E-state index contributed by atoms with van der Waals surface area (Å²) in [4.78, 5) is 23.5. The molecule has 3 aromatic carbocycles. The quantitative estimate of drug-likeness (QED) is 0.564. The summed E-state index contributed by atoms with van der Waals surface area (Å²) >= 11 is 0. The Balaban J connectivity index is 1.70. The standard InChI is InChI=1S/C21H18O4/c1-14-2-5-16-12-17(6-9-19(16)20(14)13-22)21(24)25-11-10-15-3-7-18(23)8-4-15/h2-9,12-13,23H,10-11H2,1H3. The van der Waals surface area contributed by atoms with E-state index in [0.717, 1.165) is 28.2 Å². The zero-order chi connectivity index (χ0) is 17.8. The molecule has 0 aliphatic heterocycles. The van der Waals surface area contributed by atoms with E-state index in [1.165, 1.54) is 0 Å². The van der Waals surface area contributed by atoms with Gasteiger partial charge in [0.15, 0.2) is 6.29 Å². The molecule has 0 aliphatic rings. The van der Waals surface area contributed by atoms with E-state index in [1.807, 2.05) is 19.1 Å². The van der Waals surface area contributed by atoms with Crippen molar-refractivity contribution in [3.05, 3.63) is 76.9 Å². The maximum Gasteiger partial charge on any atom is 0.338 e. The Labute approximate surface area is 145 Å². The summed E-state index contributed by atoms with van der Waals surface area (Å²) in [6.07, 6.45) is 1.42. The summed E-state index contributed by atoms with van der Waals surface area (Å²) in [6.45, 7) is 2.14. The normalized spacial score (nSPS) is 10.6. The summed E-state index contributed by atoms with van der Waals surface area (Å²) in [6, 6.07) is 15.8. The molecule has 4 heteroatoms. The molecule has 0 amide bonds. The third-order valence-electron chi connectivity index (χ3n) is 4.19. The third-order valence-corrected chi connectivity index (χ3v) is 4.19. The lowest BCUT2D eigenvalue weighted by atomic mass is 9.99. The van der Waals surface area contributed by atoms with Crippen molar-refractivity contribution in [2.24, 2.45) is 0 Å². The maximum atomic E-state index is 12.2. The highest BCUT2D eigenvalue weighted by Crippen LogP contribution is 2.22. The molecule has 0 atom stereocenters. The largest absolute Gasteiger partial charge is 0.508 e. The SMILES string of the molecule is Cc1ccc2cc(C(=O)OCCc3ccc(O)cc3)ccc2c1C=O. The molecule has 1 N–H and O–H groups in total. The number of carbonyl (C=O) groups is 2. The number of aryl methyl sites for hydroxylation is 1. The van der Waals surface area contributed by atoms with E-state index in [2.05, 4.69) is 0 Å². The van der Waals surface area contributed by atoms with E-state index in [1.54, 1.807) is 42.5 Å². The van der Waals surface area contributed by atoms with Crippen molar-refractivity contribution in [1.82, 2.24) is 0 Å². The van der Waals surface area contributed by atoms with Gasteiger partial charge in [-0.15, -0.1) is 0 Å². The fourth-order valence-corrected chi connectivity index (χ4v) is 2.75. The maximum absolute atomic E-state index is 12.2. The lowest BCUT2D eigenvalue weighted by Crippen LogP contribution is -2.08. The van der Waals surface area contributed by atoms with Gasteiger partial charge in [-0.3, -0.25) is 4.79 Å². The fourth-order valence-electron chi connectivity index (χ4n) is 2.75. The van der Waals surface area contributed by atoms with Crippen molar-refractivity contribution < 1.29 is 19.4 Å². The van der Waals surface area contributed by atoms with Gasteiger partial charge in [-0.25, -0.2) is 4.79 Å². The zero-order valence-corrected chi connectivity index (χ0v) is 13.9. The first-order chi connectivity index (χ1) is 12.1. The van der Waals surface area contributed by atoms with Gasteiger partial charge >= 0.3 is 5.97 Å². The van der Waals surface area contributed by atoms with Gasteiger partial charge in [-0.05, 0) is 53.1 Å². The van der Waals surface area contributed by atoms with Gasteiger partial charge < -0.3 is 9.84 Å². The van der Waals surface area contributed by atoms with Gasteiger partial charge in [0, 0.05) is 12.0 Å². The molecule has 0 spiro atoms. The summed E-state index contributed by atoms with van der Waals surface area (Å²) in [5.74, 6) is -0.184. The Morgan fingerprint density at radius 3 is 2.56 bits per heavy atom. The van der Waals surface area contributed by atoms with Crippen molar-refractivity contribution in [2.45, 2.75) is 13.3 Å². The van der Waals surface area contributed by atoms with Crippen LogP contribution in [0.25, 0.3) is 10.8 Å². The number of hydrogen-bond acceptors (Lipinski definition) is 4. The molecule has 3 rings (SSSR count). The number of ether oxygens (including phenoxy) is 1. The van der Waals surface area contributed by atoms with Crippen LogP contribution in [0.3, 0.4) is 0 Å². The monoisotopic (exact) mass is 334 g/mol. The van der Waals surface area contributed by atoms with Crippen molar-refractivity contribution >= 4 is 23.0 Å². The first kappa shape index (κ1) is 16.7. The molecule has 0 bridgehead atoms.